The van der Waals surface area contributed by atoms with Crippen molar-refractivity contribution < 1.29 is 4.39 Å². The molecule has 3 rings (SSSR count). The van der Waals surface area contributed by atoms with Gasteiger partial charge in [-0.3, -0.25) is 0 Å². The zero-order valence-corrected chi connectivity index (χ0v) is 16.4. The van der Waals surface area contributed by atoms with E-state index in [9.17, 15) is 4.39 Å². The minimum atomic E-state index is -0.200. The van der Waals surface area contributed by atoms with Crippen LogP contribution < -0.4 is 15.5 Å². The fraction of sp³-hybridized carbons (Fsp3) is 0.400. The number of benzene rings is 1. The lowest BCUT2D eigenvalue weighted by atomic mass is 10.1. The van der Waals surface area contributed by atoms with Gasteiger partial charge in [0.1, 0.15) is 11.6 Å². The molecule has 2 heterocycles. The van der Waals surface area contributed by atoms with Gasteiger partial charge in [0.05, 0.1) is 11.9 Å². The molecule has 0 amide bonds. The SMILES string of the molecule is CN1CCN(c2ccc(NC(=S)NCCCc3ccc(F)cc3)cn2)CC1. The Bertz CT molecular complexity index is 727. The molecule has 2 N–H and O–H groups in total. The Morgan fingerprint density at radius 2 is 1.85 bits per heavy atom. The number of likely N-dealkylation sites (N-methyl/N-ethyl adjacent to an activating group) is 1. The molecule has 1 aromatic carbocycles. The molecule has 1 fully saturated rings. The fourth-order valence-electron chi connectivity index (χ4n) is 3.00. The maximum absolute atomic E-state index is 12.9. The minimum absolute atomic E-state index is 0.200. The second kappa shape index (κ2) is 9.62. The van der Waals surface area contributed by atoms with Crippen LogP contribution in [-0.2, 0) is 6.42 Å². The molecule has 0 radical (unpaired) electrons. The maximum atomic E-state index is 12.9. The number of thiocarbonyl (C=S) groups is 1. The third kappa shape index (κ3) is 6.15. The number of hydrogen-bond acceptors (Lipinski definition) is 4. The summed E-state index contributed by atoms with van der Waals surface area (Å²) in [5.74, 6) is 0.807. The lowest BCUT2D eigenvalue weighted by molar-refractivity contribution is 0.312. The predicted octanol–water partition coefficient (Wildman–Crippen LogP) is 2.89. The number of nitrogens with one attached hydrogen (secondary N) is 2. The number of piperazine rings is 1. The van der Waals surface area contributed by atoms with Gasteiger partial charge in [-0.1, -0.05) is 12.1 Å². The molecule has 1 aliphatic rings. The Balaban J connectivity index is 1.38. The molecule has 5 nitrogen and oxygen atoms in total. The normalized spacial score (nSPS) is 14.8. The predicted molar refractivity (Wildman–Crippen MR) is 113 cm³/mol. The summed E-state index contributed by atoms with van der Waals surface area (Å²) in [6.07, 6.45) is 3.63. The summed E-state index contributed by atoms with van der Waals surface area (Å²) in [5.41, 5.74) is 2.00. The Labute approximate surface area is 165 Å². The zero-order valence-electron chi connectivity index (χ0n) is 15.6. The first-order valence-corrected chi connectivity index (χ1v) is 9.70. The lowest BCUT2D eigenvalue weighted by Gasteiger charge is -2.33. The number of hydrogen-bond donors (Lipinski definition) is 2. The van der Waals surface area contributed by atoms with Gasteiger partial charge in [0, 0.05) is 32.7 Å². The van der Waals surface area contributed by atoms with Crippen LogP contribution in [0.4, 0.5) is 15.9 Å². The lowest BCUT2D eigenvalue weighted by Crippen LogP contribution is -2.44. The number of pyridine rings is 1. The van der Waals surface area contributed by atoms with E-state index in [0.29, 0.717) is 5.11 Å². The van der Waals surface area contributed by atoms with E-state index in [1.54, 1.807) is 0 Å². The van der Waals surface area contributed by atoms with E-state index in [-0.39, 0.29) is 5.82 Å². The Hall–Kier alpha value is -2.25. The van der Waals surface area contributed by atoms with E-state index in [1.807, 2.05) is 30.5 Å². The summed E-state index contributed by atoms with van der Waals surface area (Å²) < 4.78 is 12.9. The molecule has 27 heavy (non-hydrogen) atoms. The summed E-state index contributed by atoms with van der Waals surface area (Å²) in [5, 5.41) is 6.95. The standard InChI is InChI=1S/C20H26FN5S/c1-25-11-13-26(14-12-25)19-9-8-18(15-23-19)24-20(27)22-10-2-3-16-4-6-17(21)7-5-16/h4-9,15H,2-3,10-14H2,1H3,(H2,22,24,27). The van der Waals surface area contributed by atoms with Crippen molar-refractivity contribution in [1.29, 1.82) is 0 Å². The highest BCUT2D eigenvalue weighted by Crippen LogP contribution is 2.15. The van der Waals surface area contributed by atoms with Gasteiger partial charge in [-0.25, -0.2) is 9.37 Å². The quantitative estimate of drug-likeness (QED) is 0.587. The van der Waals surface area contributed by atoms with Crippen LogP contribution in [0.5, 0.6) is 0 Å². The van der Waals surface area contributed by atoms with Crippen molar-refractivity contribution >= 4 is 28.8 Å². The smallest absolute Gasteiger partial charge is 0.170 e. The van der Waals surface area contributed by atoms with Crippen LogP contribution in [0.2, 0.25) is 0 Å². The highest BCUT2D eigenvalue weighted by molar-refractivity contribution is 7.80. The Kier molecular flexibility index (Phi) is 6.95. The number of nitrogens with zero attached hydrogens (tertiary/aromatic N) is 3. The molecule has 0 saturated carbocycles. The van der Waals surface area contributed by atoms with Crippen LogP contribution in [0.25, 0.3) is 0 Å². The fourth-order valence-corrected chi connectivity index (χ4v) is 3.22. The van der Waals surface area contributed by atoms with E-state index in [4.69, 9.17) is 12.2 Å². The first-order chi connectivity index (χ1) is 13.1. The minimum Gasteiger partial charge on any atom is -0.362 e. The van der Waals surface area contributed by atoms with Crippen LogP contribution >= 0.6 is 12.2 Å². The third-order valence-corrected chi connectivity index (χ3v) is 4.92. The second-order valence-corrected chi connectivity index (χ2v) is 7.21. The molecule has 1 saturated heterocycles. The van der Waals surface area contributed by atoms with Crippen molar-refractivity contribution in [3.63, 3.8) is 0 Å². The molecule has 0 aliphatic carbocycles. The van der Waals surface area contributed by atoms with E-state index in [1.165, 1.54) is 12.1 Å². The van der Waals surface area contributed by atoms with Gasteiger partial charge in [0.15, 0.2) is 5.11 Å². The summed E-state index contributed by atoms with van der Waals surface area (Å²) in [6, 6.07) is 10.7. The summed E-state index contributed by atoms with van der Waals surface area (Å²) in [7, 11) is 2.14. The van der Waals surface area contributed by atoms with Crippen molar-refractivity contribution in [2.45, 2.75) is 12.8 Å². The van der Waals surface area contributed by atoms with Gasteiger partial charge >= 0.3 is 0 Å². The molecular formula is C20H26FN5S. The third-order valence-electron chi connectivity index (χ3n) is 4.67. The first kappa shape index (κ1) is 19.5. The second-order valence-electron chi connectivity index (χ2n) is 6.81. The van der Waals surface area contributed by atoms with Crippen LogP contribution in [0.3, 0.4) is 0 Å². The van der Waals surface area contributed by atoms with Crippen molar-refractivity contribution in [2.24, 2.45) is 0 Å². The van der Waals surface area contributed by atoms with Gasteiger partial charge in [0.25, 0.3) is 0 Å². The molecule has 144 valence electrons. The van der Waals surface area contributed by atoms with Crippen LogP contribution in [0, 0.1) is 5.82 Å². The number of aromatic nitrogens is 1. The van der Waals surface area contributed by atoms with Crippen molar-refractivity contribution in [2.75, 3.05) is 50.0 Å². The van der Waals surface area contributed by atoms with Crippen molar-refractivity contribution in [3.05, 3.63) is 54.0 Å². The molecular weight excluding hydrogens is 361 g/mol. The zero-order chi connectivity index (χ0) is 19.1. The molecule has 7 heteroatoms. The average molecular weight is 388 g/mol. The van der Waals surface area contributed by atoms with Crippen molar-refractivity contribution in [3.8, 4) is 0 Å². The number of anilines is 2. The van der Waals surface area contributed by atoms with E-state index in [0.717, 1.165) is 62.6 Å². The molecule has 1 aliphatic heterocycles. The van der Waals surface area contributed by atoms with Gasteiger partial charge in [-0.2, -0.15) is 0 Å². The van der Waals surface area contributed by atoms with Gasteiger partial charge in [-0.15, -0.1) is 0 Å². The van der Waals surface area contributed by atoms with E-state index >= 15 is 0 Å². The summed E-state index contributed by atoms with van der Waals surface area (Å²) in [4.78, 5) is 9.18. The monoisotopic (exact) mass is 387 g/mol. The molecule has 0 unspecified atom stereocenters. The van der Waals surface area contributed by atoms with Gasteiger partial charge in [-0.05, 0) is 61.9 Å². The molecule has 2 aromatic rings. The van der Waals surface area contributed by atoms with Gasteiger partial charge in [0.2, 0.25) is 0 Å². The first-order valence-electron chi connectivity index (χ1n) is 9.29. The van der Waals surface area contributed by atoms with Crippen LogP contribution in [0.1, 0.15) is 12.0 Å². The largest absolute Gasteiger partial charge is 0.362 e. The van der Waals surface area contributed by atoms with Crippen LogP contribution in [-0.4, -0.2) is 54.8 Å². The maximum Gasteiger partial charge on any atom is 0.170 e. The summed E-state index contributed by atoms with van der Waals surface area (Å²) in [6.45, 7) is 4.89. The Morgan fingerprint density at radius 1 is 1.11 bits per heavy atom. The Morgan fingerprint density at radius 3 is 2.52 bits per heavy atom. The van der Waals surface area contributed by atoms with Crippen LogP contribution in [0.15, 0.2) is 42.6 Å². The molecule has 0 spiro atoms. The molecule has 1 aromatic heterocycles. The van der Waals surface area contributed by atoms with Gasteiger partial charge < -0.3 is 20.4 Å². The average Bonchev–Trinajstić information content (AvgIpc) is 2.68. The highest BCUT2D eigenvalue weighted by Gasteiger charge is 2.14. The van der Waals surface area contributed by atoms with E-state index in [2.05, 4.69) is 32.5 Å². The molecule has 0 atom stereocenters. The van der Waals surface area contributed by atoms with Crippen molar-refractivity contribution in [1.82, 2.24) is 15.2 Å². The number of halogens is 1. The van der Waals surface area contributed by atoms with E-state index < -0.39 is 0 Å². The highest BCUT2D eigenvalue weighted by atomic mass is 32.1. The summed E-state index contributed by atoms with van der Waals surface area (Å²) >= 11 is 5.34. The number of rotatable bonds is 6. The number of aryl methyl sites for hydroxylation is 1. The molecule has 0 bridgehead atoms. The topological polar surface area (TPSA) is 43.4 Å².